The lowest BCUT2D eigenvalue weighted by atomic mass is 9.91. The average Bonchev–Trinajstić information content (AvgIpc) is 1.75. The predicted octanol–water partition coefficient (Wildman–Crippen LogP) is 3.62. The number of aliphatic hydroxyl groups excluding tert-OH is 1. The summed E-state index contributed by atoms with van der Waals surface area (Å²) in [7, 11) is 0. The fourth-order valence-corrected chi connectivity index (χ4v) is 20.5. The topological polar surface area (TPSA) is 597 Å². The number of nitrogens with one attached hydrogen (secondary N) is 8. The molecule has 0 saturated carbocycles. The molecule has 37 nitrogen and oxygen atoms in total. The van der Waals surface area contributed by atoms with Crippen molar-refractivity contribution in [2.24, 2.45) is 79.9 Å². The number of Topliss-reactive ketones (excluding diaryl/α,β-unsaturated/α-hetero) is 4. The first-order valence-electron chi connectivity index (χ1n) is 46.7. The molecule has 21 N–H and O–H groups in total. The van der Waals surface area contributed by atoms with Crippen molar-refractivity contribution in [3.8, 4) is 0 Å². The highest BCUT2D eigenvalue weighted by Crippen LogP contribution is 2.31. The van der Waals surface area contributed by atoms with Crippen LogP contribution < -0.4 is 76.9 Å². The first-order valence-corrected chi connectivity index (χ1v) is 51.5. The number of rotatable bonds is 32. The van der Waals surface area contributed by atoms with E-state index < -0.39 is 204 Å². The van der Waals surface area contributed by atoms with E-state index in [9.17, 15) is 86.6 Å². The van der Waals surface area contributed by atoms with Crippen molar-refractivity contribution in [1.82, 2.24) is 57.2 Å². The average molecular weight is 2020 g/mol. The maximum absolute atomic E-state index is 14.7. The van der Waals surface area contributed by atoms with E-state index in [1.165, 1.54) is 56.0 Å². The van der Waals surface area contributed by atoms with Crippen LogP contribution in [0.1, 0.15) is 178 Å². The number of ketones is 4. The monoisotopic (exact) mass is 2020 g/mol. The minimum absolute atomic E-state index is 0.0738. The van der Waals surface area contributed by atoms with Gasteiger partial charge in [0.05, 0.1) is 49.4 Å². The summed E-state index contributed by atoms with van der Waals surface area (Å²) in [6.45, 7) is 11.8. The molecule has 2 aromatic heterocycles. The van der Waals surface area contributed by atoms with Gasteiger partial charge < -0.3 is 96.7 Å². The van der Waals surface area contributed by atoms with Crippen LogP contribution in [0.15, 0.2) is 93.5 Å². The Morgan fingerprint density at radius 1 is 0.496 bits per heavy atom. The number of carbonyl (C=O) groups is 17. The van der Waals surface area contributed by atoms with Gasteiger partial charge in [0.15, 0.2) is 23.5 Å². The van der Waals surface area contributed by atoms with Gasteiger partial charge in [0.25, 0.3) is 0 Å². The van der Waals surface area contributed by atoms with Gasteiger partial charge in [0.1, 0.15) is 53.9 Å². The summed E-state index contributed by atoms with van der Waals surface area (Å²) in [5, 5.41) is 36.9. The first kappa shape index (κ1) is 113. The number of hydrogen-bond acceptors (Lipinski definition) is 24. The third-order valence-corrected chi connectivity index (χ3v) is 28.8. The number of primary amides is 2. The number of likely N-dealkylation sites (tertiary alicyclic amines) is 2. The van der Waals surface area contributed by atoms with E-state index in [4.69, 9.17) is 57.6 Å². The Bertz CT molecular complexity index is 4790. The lowest BCUT2D eigenvalue weighted by Gasteiger charge is -2.31. The molecular formula is C94H135Cl2N19O18S4. The van der Waals surface area contributed by atoms with Gasteiger partial charge in [-0.15, -0.1) is 22.7 Å². The van der Waals surface area contributed by atoms with Crippen LogP contribution in [0.25, 0.3) is 0 Å². The molecule has 6 heterocycles. The lowest BCUT2D eigenvalue weighted by Crippen LogP contribution is -2.58. The van der Waals surface area contributed by atoms with Crippen molar-refractivity contribution in [3.63, 3.8) is 0 Å². The van der Waals surface area contributed by atoms with Crippen LogP contribution in [0.4, 0.5) is 0 Å². The molecule has 13 amide bonds. The number of thioether (sulfide) groups is 2. The number of aliphatic hydroxyl groups is 1. The molecule has 43 heteroatoms. The van der Waals surface area contributed by atoms with E-state index >= 15 is 0 Å². The van der Waals surface area contributed by atoms with Gasteiger partial charge >= 0.3 is 0 Å². The molecule has 4 aromatic rings. The van der Waals surface area contributed by atoms with Gasteiger partial charge in [-0.25, -0.2) is 0 Å². The summed E-state index contributed by atoms with van der Waals surface area (Å²) in [4.78, 5) is 250. The van der Waals surface area contributed by atoms with E-state index in [-0.39, 0.29) is 125 Å². The van der Waals surface area contributed by atoms with Crippen molar-refractivity contribution in [2.45, 2.75) is 243 Å². The normalized spacial score (nSPS) is 23.1. The molecule has 4 aliphatic heterocycles. The SMILES string of the molecule is CC(C)[C@@H]1NC(=O)[C@H](Cc2cccs2)NC(=O)[C@H](Cc2ccc(Cl)cc2)CC(=O)CCCSC[C@@H](C(=O)N2CCC[C@H]2C(=O)N[C@H](CO)CCCN=C(N)N)CC(=O)[C@H](CC(N)=O)NC1=O.CCN(CC)C(=O)[C@@H](CCCN=C(N)N)NC(=O)[C@@H]1CCCN1C(=O)[C@@H]1CSCCCC(=O)C[C@@H](Cc2ccc(Cl)cc2)C(=O)N[C@@H](Cc2cccs2)C(=O)N[C@@H](C(C)C)C(=O)N[C@@H](CC(N)=O)C(=O)C1. The molecule has 0 radical (unpaired) electrons. The molecule has 752 valence electrons. The van der Waals surface area contributed by atoms with Gasteiger partial charge in [-0.2, -0.15) is 23.5 Å². The zero-order valence-electron chi connectivity index (χ0n) is 78.6. The standard InChI is InChI=1S/C49H71ClN10O9S2.C45H64ClN9O9S2/c1-5-59(6-2)48(69)36(13-7-19-54-49(52)53)55-45(66)39-14-8-20-60(39)47(68)32-25-40(62)37(27-41(51)63)56-46(67)42(29(3)4)58-44(65)38(26-35-12-10-22-71-35)57-43(64)31(23-30-15-17-33(50)18-16-30)24-34(61)11-9-21-70-28-32;1-26(2)39-43(63)52-34(23-38(47)59)37(58)21-29(44(64)55-16-4-10-36(55)42(62)51-31(24-56)7-3-15-50-45(48)49)25-65-17-5-8-32(57)20-28(19-27-11-13-30(46)14-12-27)40(60)53-35(41(61)54-39)22-33-9-6-18-66-33/h10,12,15-18,22,29,31-32,36-39,42H,5-9,11,13-14,19-21,23-28H2,1-4H3,(H2,51,63)(H,55,66)(H,56,67)(H,57,64)(H,58,65)(H4,52,53,54);6,9,11-14,18,26,28-29,31,34-36,39,56H,3-5,7-8,10,15-17,19-25H2,1-2H3,(H2,47,59)(H,51,62)(H,52,63)(H,53,60)(H,54,61)(H4,48,49,50)/t31-,32+,36-,37+,38+,39+,42+;28-,29+,31+,34+,35+,36+,39+/m11/s1. The first-order chi connectivity index (χ1) is 65.3. The molecule has 137 heavy (non-hydrogen) atoms. The zero-order valence-corrected chi connectivity index (χ0v) is 83.4. The number of guanidine groups is 2. The van der Waals surface area contributed by atoms with Crippen LogP contribution in [-0.2, 0) is 107 Å². The van der Waals surface area contributed by atoms with E-state index in [0.29, 0.717) is 99.0 Å². The predicted molar refractivity (Wildman–Crippen MR) is 529 cm³/mol. The summed E-state index contributed by atoms with van der Waals surface area (Å²) in [5.41, 5.74) is 34.5. The fourth-order valence-electron chi connectivity index (χ4n) is 16.6. The number of aliphatic imine (C=N–C) groups is 2. The maximum atomic E-state index is 14.7. The molecule has 4 saturated heterocycles. The number of amides is 13. The number of nitrogens with two attached hydrogens (primary N) is 6. The molecule has 0 aliphatic carbocycles. The molecule has 14 atom stereocenters. The number of halogens is 2. The van der Waals surface area contributed by atoms with Gasteiger partial charge in [-0.3, -0.25) is 91.5 Å². The van der Waals surface area contributed by atoms with Crippen LogP contribution in [0.5, 0.6) is 0 Å². The van der Waals surface area contributed by atoms with Crippen LogP contribution in [0, 0.1) is 35.5 Å². The Balaban J connectivity index is 0.000000374. The number of likely N-dealkylation sites (N-methyl/N-ethyl adjacent to an activating group) is 1. The highest BCUT2D eigenvalue weighted by atomic mass is 35.5. The largest absolute Gasteiger partial charge is 0.394 e. The van der Waals surface area contributed by atoms with E-state index in [1.807, 2.05) is 36.7 Å². The molecule has 4 aliphatic rings. The molecule has 0 unspecified atom stereocenters. The minimum atomic E-state index is -1.49. The van der Waals surface area contributed by atoms with Crippen LogP contribution in [-0.4, -0.2) is 261 Å². The van der Waals surface area contributed by atoms with Crippen molar-refractivity contribution in [3.05, 3.63) is 114 Å². The number of benzene rings is 2. The van der Waals surface area contributed by atoms with Crippen molar-refractivity contribution in [2.75, 3.05) is 68.9 Å². The summed E-state index contributed by atoms with van der Waals surface area (Å²) >= 11 is 17.7. The van der Waals surface area contributed by atoms with Crippen molar-refractivity contribution < 1.29 is 86.6 Å². The Kier molecular flexibility index (Phi) is 48.3. The number of nitrogens with zero attached hydrogens (tertiary/aromatic N) is 5. The second-order valence-electron chi connectivity index (χ2n) is 35.5. The third-order valence-electron chi connectivity index (χ3n) is 24.0. The number of hydrogen-bond donors (Lipinski definition) is 15. The Labute approximate surface area is 826 Å². The van der Waals surface area contributed by atoms with E-state index in [2.05, 4.69) is 52.5 Å². The van der Waals surface area contributed by atoms with Gasteiger partial charge in [-0.1, -0.05) is 87.3 Å². The zero-order chi connectivity index (χ0) is 101. The Morgan fingerprint density at radius 3 is 1.26 bits per heavy atom. The van der Waals surface area contributed by atoms with Gasteiger partial charge in [0, 0.05) is 134 Å². The summed E-state index contributed by atoms with van der Waals surface area (Å²) in [6.07, 6.45) is 2.25. The second-order valence-corrected chi connectivity index (χ2v) is 40.7. The lowest BCUT2D eigenvalue weighted by molar-refractivity contribution is -0.144. The van der Waals surface area contributed by atoms with E-state index in [0.717, 1.165) is 20.9 Å². The summed E-state index contributed by atoms with van der Waals surface area (Å²) in [5.74, 6) is -13.9. The highest BCUT2D eigenvalue weighted by molar-refractivity contribution is 7.99. The van der Waals surface area contributed by atoms with Crippen LogP contribution in [0.3, 0.4) is 0 Å². The fraction of sp³-hybridized carbons (Fsp3) is 0.585. The van der Waals surface area contributed by atoms with Gasteiger partial charge in [0.2, 0.25) is 76.8 Å². The summed E-state index contributed by atoms with van der Waals surface area (Å²) in [6, 6.07) is 9.88. The quantitative estimate of drug-likeness (QED) is 0.0189. The van der Waals surface area contributed by atoms with Crippen LogP contribution in [0.2, 0.25) is 10.0 Å². The molecule has 2 aromatic carbocycles. The molecule has 0 spiro atoms. The number of thiophene rings is 2. The molecule has 8 rings (SSSR count). The van der Waals surface area contributed by atoms with Crippen molar-refractivity contribution in [1.29, 1.82) is 0 Å². The number of carbonyl (C=O) groups excluding carboxylic acids is 17. The minimum Gasteiger partial charge on any atom is -0.394 e. The summed E-state index contributed by atoms with van der Waals surface area (Å²) < 4.78 is 0. The molecule has 4 fully saturated rings. The molecule has 0 bridgehead atoms. The second kappa shape index (κ2) is 58.3. The Hall–Kier alpha value is -10.6. The van der Waals surface area contributed by atoms with Gasteiger partial charge in [-0.05, 0) is 173 Å². The molecular weight excluding hydrogens is 1880 g/mol. The van der Waals surface area contributed by atoms with Crippen LogP contribution >= 0.6 is 69.4 Å². The van der Waals surface area contributed by atoms with Crippen molar-refractivity contribution >= 4 is 181 Å². The highest BCUT2D eigenvalue weighted by Gasteiger charge is 2.44. The maximum Gasteiger partial charge on any atom is 0.245 e. The third kappa shape index (κ3) is 38.3. The van der Waals surface area contributed by atoms with E-state index in [1.54, 1.807) is 93.3 Å². The smallest absolute Gasteiger partial charge is 0.245 e. The Morgan fingerprint density at radius 2 is 0.891 bits per heavy atom.